The number of carbonyl (C=O) groups excluding carboxylic acids is 5. The van der Waals surface area contributed by atoms with Gasteiger partial charge in [0.15, 0.2) is 0 Å². The molecule has 6 atom stereocenters. The van der Waals surface area contributed by atoms with Crippen LogP contribution in [-0.4, -0.2) is 130 Å². The van der Waals surface area contributed by atoms with Crippen molar-refractivity contribution in [2.45, 2.75) is 438 Å². The van der Waals surface area contributed by atoms with Crippen molar-refractivity contribution in [1.82, 2.24) is 21.3 Å². The van der Waals surface area contributed by atoms with Crippen LogP contribution in [0.2, 0.25) is 0 Å². The molecule has 23 heteroatoms. The van der Waals surface area contributed by atoms with Gasteiger partial charge in [0.2, 0.25) is 11.8 Å². The number of rotatable bonds is 84. The highest BCUT2D eigenvalue weighted by Crippen LogP contribution is 2.44. The molecule has 0 saturated carbocycles. The second kappa shape index (κ2) is 78.0. The van der Waals surface area contributed by atoms with E-state index in [4.69, 9.17) is 48.8 Å². The molecule has 106 heavy (non-hydrogen) atoms. The largest absolute Gasteiger partial charge is 0.472 e. The van der Waals surface area contributed by atoms with Gasteiger partial charge in [0.25, 0.3) is 0 Å². The Hall–Kier alpha value is -2.29. The standard InChI is InChI=1S/C83H164N4O16P2S/c1-7-13-19-25-29-33-35-39-41-47-53-59-79(88)86-75(71-96-67-63-77(57-51-45-23-17-11-5)102-81(90)61-55-49-43-37-31-27-21-15-9-3)73-100-104(93,94)98-69-65-84-83(92)85-66-70-99-105(95,106)101-74-76(87-80(89)60-54-48-42-40-36-34-30-26-20-14-8-2)72-97-68-64-78(58-52-46-24-18-12-6)103-82(91)62-56-50-44-38-32-28-22-16-10-4/h75-78H,7-74H2,1-6H3,(H,86,88)(H,87,89)(H,93,94)(H,95,106)(H2,84,85,92)/t75-,76-,77-,78-,105?/m1/s1. The number of carbonyl (C=O) groups is 5. The van der Waals surface area contributed by atoms with Gasteiger partial charge in [0.05, 0.1) is 64.9 Å². The van der Waals surface area contributed by atoms with Gasteiger partial charge in [-0.1, -0.05) is 324 Å². The van der Waals surface area contributed by atoms with E-state index in [0.717, 1.165) is 154 Å². The Labute approximate surface area is 653 Å². The van der Waals surface area contributed by atoms with Crippen LogP contribution in [0.5, 0.6) is 0 Å². The summed E-state index contributed by atoms with van der Waals surface area (Å²) in [4.78, 5) is 87.4. The predicted octanol–water partition coefficient (Wildman–Crippen LogP) is 22.2. The first kappa shape index (κ1) is 104. The van der Waals surface area contributed by atoms with Gasteiger partial charge < -0.3 is 59.0 Å². The summed E-state index contributed by atoms with van der Waals surface area (Å²) in [6.07, 6.45) is 60.7. The minimum Gasteiger partial charge on any atom is -0.462 e. The highest BCUT2D eigenvalue weighted by atomic mass is 32.5. The van der Waals surface area contributed by atoms with E-state index in [0.29, 0.717) is 44.9 Å². The fraction of sp³-hybridized carbons (Fsp3) is 0.940. The maximum absolute atomic E-state index is 13.3. The summed E-state index contributed by atoms with van der Waals surface area (Å²) < 4.78 is 59.4. The van der Waals surface area contributed by atoms with E-state index >= 15 is 0 Å². The smallest absolute Gasteiger partial charge is 0.462 e. The molecule has 0 aliphatic carbocycles. The van der Waals surface area contributed by atoms with Crippen molar-refractivity contribution in [3.63, 3.8) is 0 Å². The van der Waals surface area contributed by atoms with Crippen LogP contribution in [-0.2, 0) is 72.6 Å². The number of hydrogen-bond acceptors (Lipinski definition) is 15. The molecule has 2 unspecified atom stereocenters. The van der Waals surface area contributed by atoms with E-state index in [1.807, 2.05) is 0 Å². The molecule has 6 N–H and O–H groups in total. The number of unbranched alkanes of at least 4 members (excludes halogenated alkanes) is 44. The molecule has 0 fully saturated rings. The third-order valence-electron chi connectivity index (χ3n) is 19.5. The van der Waals surface area contributed by atoms with Crippen molar-refractivity contribution in [3.05, 3.63) is 0 Å². The van der Waals surface area contributed by atoms with Crippen LogP contribution in [0.25, 0.3) is 0 Å². The summed E-state index contributed by atoms with van der Waals surface area (Å²) in [5, 5.41) is 11.1. The van der Waals surface area contributed by atoms with Crippen LogP contribution in [0.1, 0.15) is 414 Å². The summed E-state index contributed by atoms with van der Waals surface area (Å²) in [5.74, 6) is -0.736. The topological polar surface area (TPSA) is 265 Å². The summed E-state index contributed by atoms with van der Waals surface area (Å²) in [5.41, 5.74) is 0. The Kier molecular flexibility index (Phi) is 76.3. The van der Waals surface area contributed by atoms with Crippen LogP contribution in [0.4, 0.5) is 4.79 Å². The lowest BCUT2D eigenvalue weighted by molar-refractivity contribution is -0.151. The molecular formula is C83H164N4O16P2S. The Bertz CT molecular complexity index is 1970. The maximum atomic E-state index is 13.3. The van der Waals surface area contributed by atoms with Gasteiger partial charge in [-0.05, 0) is 63.2 Å². The van der Waals surface area contributed by atoms with E-state index in [9.17, 15) is 38.3 Å². The minimum atomic E-state index is -4.68. The Morgan fingerprint density at radius 3 is 0.915 bits per heavy atom. The monoisotopic (exact) mass is 1570 g/mol. The van der Waals surface area contributed by atoms with Crippen molar-refractivity contribution in [2.24, 2.45) is 0 Å². The molecule has 0 spiro atoms. The lowest BCUT2D eigenvalue weighted by Gasteiger charge is -2.23. The molecule has 0 heterocycles. The number of phosphoric acid groups is 1. The Morgan fingerprint density at radius 1 is 0.321 bits per heavy atom. The first-order valence-electron chi connectivity index (χ1n) is 43.9. The third kappa shape index (κ3) is 74.5. The molecule has 0 aromatic heterocycles. The molecule has 0 saturated heterocycles. The number of amides is 4. The summed E-state index contributed by atoms with van der Waals surface area (Å²) in [7, 11) is -4.68. The molecule has 628 valence electrons. The van der Waals surface area contributed by atoms with E-state index in [1.165, 1.54) is 173 Å². The van der Waals surface area contributed by atoms with Crippen molar-refractivity contribution in [1.29, 1.82) is 0 Å². The number of hydrogen-bond donors (Lipinski definition) is 6. The molecule has 0 bridgehead atoms. The van der Waals surface area contributed by atoms with Gasteiger partial charge in [-0.25, -0.2) is 9.36 Å². The molecule has 0 rings (SSSR count). The van der Waals surface area contributed by atoms with Gasteiger partial charge >= 0.3 is 32.5 Å². The molecule has 4 amide bonds. The second-order valence-electron chi connectivity index (χ2n) is 30.0. The number of nitrogens with one attached hydrogen (secondary N) is 4. The van der Waals surface area contributed by atoms with Crippen molar-refractivity contribution in [3.8, 4) is 0 Å². The Morgan fingerprint density at radius 2 is 0.594 bits per heavy atom. The highest BCUT2D eigenvalue weighted by molar-refractivity contribution is 8.07. The van der Waals surface area contributed by atoms with Crippen LogP contribution >= 0.6 is 14.5 Å². The fourth-order valence-electron chi connectivity index (χ4n) is 12.9. The van der Waals surface area contributed by atoms with Crippen molar-refractivity contribution in [2.75, 3.05) is 65.9 Å². The second-order valence-corrected chi connectivity index (χ2v) is 34.3. The average molecular weight is 1570 g/mol. The van der Waals surface area contributed by atoms with Gasteiger partial charge in [0, 0.05) is 51.6 Å². The van der Waals surface area contributed by atoms with Gasteiger partial charge in [-0.3, -0.25) is 28.2 Å². The zero-order chi connectivity index (χ0) is 77.8. The normalized spacial score (nSPS) is 13.9. The zero-order valence-electron chi connectivity index (χ0n) is 68.8. The Balaban J connectivity index is 5.56. The van der Waals surface area contributed by atoms with Crippen LogP contribution in [0.15, 0.2) is 0 Å². The maximum Gasteiger partial charge on any atom is 0.472 e. The molecule has 0 aromatic carbocycles. The first-order chi connectivity index (χ1) is 51.5. The number of ether oxygens (including phenoxy) is 4. The third-order valence-corrected chi connectivity index (χ3v) is 22.1. The number of esters is 2. The summed E-state index contributed by atoms with van der Waals surface area (Å²) >= 11 is 5.35. The molecule has 0 radical (unpaired) electrons. The SMILES string of the molecule is CCCCCCCCCCCCCC(=O)N[C@H](COCC[C@@H](CCCCCCC)OC(=O)CCCCCCCCCCC)COP(=O)(O)OCCNC(=O)NCCOP(O)(=S)OC[C@@H](COCC[C@@H](CCCCCCC)OC(=O)CCCCCCCCCCC)NC(=O)CCCCCCCCCCCCC. The predicted molar refractivity (Wildman–Crippen MR) is 439 cm³/mol. The lowest BCUT2D eigenvalue weighted by Crippen LogP contribution is -2.41. The van der Waals surface area contributed by atoms with Gasteiger partial charge in [0.1, 0.15) is 12.2 Å². The lowest BCUT2D eigenvalue weighted by atomic mass is 10.1. The number of urea groups is 1. The van der Waals surface area contributed by atoms with Crippen LogP contribution < -0.4 is 21.3 Å². The quantitative estimate of drug-likeness (QED) is 0.0188. The van der Waals surface area contributed by atoms with Crippen LogP contribution in [0.3, 0.4) is 0 Å². The first-order valence-corrected chi connectivity index (χ1v) is 48.0. The molecule has 0 aliphatic heterocycles. The summed E-state index contributed by atoms with van der Waals surface area (Å²) in [6, 6.07) is -2.11. The zero-order valence-corrected chi connectivity index (χ0v) is 71.4. The van der Waals surface area contributed by atoms with Gasteiger partial charge in [-0.15, -0.1) is 0 Å². The van der Waals surface area contributed by atoms with Crippen molar-refractivity contribution < 1.29 is 75.4 Å². The molecule has 20 nitrogen and oxygen atoms in total. The highest BCUT2D eigenvalue weighted by Gasteiger charge is 2.26. The van der Waals surface area contributed by atoms with Crippen molar-refractivity contribution >= 4 is 56.1 Å². The minimum absolute atomic E-state index is 0.0172. The molecular weight excluding hydrogens is 1400 g/mol. The van der Waals surface area contributed by atoms with E-state index in [-0.39, 0.29) is 102 Å². The molecule has 0 aromatic rings. The van der Waals surface area contributed by atoms with E-state index < -0.39 is 32.7 Å². The fourth-order valence-corrected chi connectivity index (χ4v) is 14.9. The van der Waals surface area contributed by atoms with E-state index in [2.05, 4.69) is 62.8 Å². The van der Waals surface area contributed by atoms with Crippen LogP contribution in [0, 0.1) is 0 Å². The number of phosphoric ester groups is 1. The van der Waals surface area contributed by atoms with Gasteiger partial charge in [-0.2, -0.15) is 0 Å². The molecule has 0 aliphatic rings. The van der Waals surface area contributed by atoms with E-state index in [1.54, 1.807) is 0 Å². The summed E-state index contributed by atoms with van der Waals surface area (Å²) in [6.45, 7) is 8.55. The average Bonchev–Trinajstić information content (AvgIpc) is 0.919.